The van der Waals surface area contributed by atoms with Crippen molar-refractivity contribution < 1.29 is 14.3 Å². The van der Waals surface area contributed by atoms with Gasteiger partial charge in [-0.3, -0.25) is 9.59 Å². The van der Waals surface area contributed by atoms with Crippen molar-refractivity contribution in [1.82, 2.24) is 0 Å². The van der Waals surface area contributed by atoms with Crippen molar-refractivity contribution in [2.45, 2.75) is 26.7 Å². The van der Waals surface area contributed by atoms with Crippen molar-refractivity contribution in [3.63, 3.8) is 0 Å². The third kappa shape index (κ3) is 6.12. The molecule has 2 N–H and O–H groups in total. The maximum atomic E-state index is 12.1. The lowest BCUT2D eigenvalue weighted by Crippen LogP contribution is -2.37. The number of anilines is 3. The maximum absolute atomic E-state index is 12.1. The molecule has 0 saturated carbocycles. The second-order valence-electron chi connectivity index (χ2n) is 7.50. The first-order chi connectivity index (χ1) is 15.3. The zero-order valence-corrected chi connectivity index (χ0v) is 20.2. The normalized spacial score (nSPS) is 14.1. The summed E-state index contributed by atoms with van der Waals surface area (Å²) in [7, 11) is 0. The molecule has 0 aliphatic carbocycles. The molecule has 1 fully saturated rings. The van der Waals surface area contributed by atoms with Crippen molar-refractivity contribution in [3.8, 4) is 0 Å². The quantitative estimate of drug-likeness (QED) is 0.300. The van der Waals surface area contributed by atoms with Crippen LogP contribution in [0.2, 0.25) is 10.0 Å². The highest BCUT2D eigenvalue weighted by molar-refractivity contribution is 7.80. The molecule has 0 atom stereocenters. The van der Waals surface area contributed by atoms with Crippen LogP contribution in [0.5, 0.6) is 0 Å². The SMILES string of the molecule is CCOC(=O)C1CCN(c2ccc(C(C)=O)cc2NC(=S)Nc2cc(Cl)ccc2Cl)CC1. The van der Waals surface area contributed by atoms with Gasteiger partial charge in [0.05, 0.1) is 34.6 Å². The number of carbonyl (C=O) groups excluding carboxylic acids is 2. The van der Waals surface area contributed by atoms with Crippen LogP contribution in [0.3, 0.4) is 0 Å². The van der Waals surface area contributed by atoms with E-state index >= 15 is 0 Å². The van der Waals surface area contributed by atoms with E-state index < -0.39 is 0 Å². The number of esters is 1. The molecule has 0 amide bonds. The molecule has 2 aromatic rings. The monoisotopic (exact) mass is 493 g/mol. The lowest BCUT2D eigenvalue weighted by molar-refractivity contribution is -0.148. The van der Waals surface area contributed by atoms with E-state index in [4.69, 9.17) is 40.2 Å². The van der Waals surface area contributed by atoms with Crippen molar-refractivity contribution in [1.29, 1.82) is 0 Å². The van der Waals surface area contributed by atoms with Gasteiger partial charge in [0.1, 0.15) is 0 Å². The fourth-order valence-corrected chi connectivity index (χ4v) is 4.17. The largest absolute Gasteiger partial charge is 0.466 e. The molecule has 1 heterocycles. The molecular weight excluding hydrogens is 469 g/mol. The van der Waals surface area contributed by atoms with E-state index in [1.165, 1.54) is 6.92 Å². The number of nitrogens with one attached hydrogen (secondary N) is 2. The predicted molar refractivity (Wildman–Crippen MR) is 134 cm³/mol. The summed E-state index contributed by atoms with van der Waals surface area (Å²) in [6, 6.07) is 10.5. The summed E-state index contributed by atoms with van der Waals surface area (Å²) in [5.41, 5.74) is 2.75. The van der Waals surface area contributed by atoms with Crippen LogP contribution in [0.25, 0.3) is 0 Å². The number of halogens is 2. The number of benzene rings is 2. The van der Waals surface area contributed by atoms with Gasteiger partial charge in [0.25, 0.3) is 0 Å². The lowest BCUT2D eigenvalue weighted by Gasteiger charge is -2.34. The molecule has 9 heteroatoms. The van der Waals surface area contributed by atoms with E-state index in [9.17, 15) is 9.59 Å². The van der Waals surface area contributed by atoms with Crippen LogP contribution in [0.4, 0.5) is 17.1 Å². The van der Waals surface area contributed by atoms with Gasteiger partial charge in [0.15, 0.2) is 10.9 Å². The maximum Gasteiger partial charge on any atom is 0.309 e. The summed E-state index contributed by atoms with van der Waals surface area (Å²) < 4.78 is 5.16. The average molecular weight is 494 g/mol. The topological polar surface area (TPSA) is 70.7 Å². The van der Waals surface area contributed by atoms with Gasteiger partial charge in [0.2, 0.25) is 0 Å². The minimum atomic E-state index is -0.138. The van der Waals surface area contributed by atoms with Crippen LogP contribution in [-0.4, -0.2) is 36.6 Å². The van der Waals surface area contributed by atoms with E-state index in [1.54, 1.807) is 30.3 Å². The molecule has 0 aromatic heterocycles. The number of ether oxygens (including phenoxy) is 1. The van der Waals surface area contributed by atoms with Gasteiger partial charge >= 0.3 is 5.97 Å². The number of hydrogen-bond donors (Lipinski definition) is 2. The second kappa shape index (κ2) is 11.0. The van der Waals surface area contributed by atoms with E-state index in [1.807, 2.05) is 13.0 Å². The first-order valence-electron chi connectivity index (χ1n) is 10.4. The van der Waals surface area contributed by atoms with Crippen molar-refractivity contribution in [2.75, 3.05) is 35.2 Å². The predicted octanol–water partition coefficient (Wildman–Crippen LogP) is 5.78. The Morgan fingerprint density at radius 1 is 1.09 bits per heavy atom. The molecule has 2 aromatic carbocycles. The Morgan fingerprint density at radius 2 is 1.78 bits per heavy atom. The Balaban J connectivity index is 1.78. The standard InChI is InChI=1S/C23H25Cl2N3O3S/c1-3-31-22(30)15-8-10-28(11-9-15)21-7-4-16(14(2)29)12-20(21)27-23(32)26-19-13-17(24)5-6-18(19)25/h4-7,12-13,15H,3,8-11H2,1-2H3,(H2,26,27,32). The number of rotatable bonds is 6. The molecule has 1 saturated heterocycles. The van der Waals surface area contributed by atoms with Crippen LogP contribution in [0.1, 0.15) is 37.0 Å². The van der Waals surface area contributed by atoms with Crippen LogP contribution in [0, 0.1) is 5.92 Å². The van der Waals surface area contributed by atoms with Gasteiger partial charge in [0, 0.05) is 23.7 Å². The Kier molecular flexibility index (Phi) is 8.34. The first kappa shape index (κ1) is 24.3. The molecule has 1 aliphatic heterocycles. The molecule has 0 radical (unpaired) electrons. The van der Waals surface area contributed by atoms with Crippen LogP contribution >= 0.6 is 35.4 Å². The van der Waals surface area contributed by atoms with Crippen LogP contribution in [-0.2, 0) is 9.53 Å². The molecule has 6 nitrogen and oxygen atoms in total. The molecule has 32 heavy (non-hydrogen) atoms. The average Bonchev–Trinajstić information content (AvgIpc) is 2.76. The number of Topliss-reactive ketones (excluding diaryl/α,β-unsaturated/α-hetero) is 1. The highest BCUT2D eigenvalue weighted by Crippen LogP contribution is 2.32. The van der Waals surface area contributed by atoms with Gasteiger partial charge in [-0.1, -0.05) is 23.2 Å². The van der Waals surface area contributed by atoms with Crippen LogP contribution in [0.15, 0.2) is 36.4 Å². The van der Waals surface area contributed by atoms with E-state index in [-0.39, 0.29) is 17.7 Å². The first-order valence-corrected chi connectivity index (χ1v) is 11.5. The lowest BCUT2D eigenvalue weighted by atomic mass is 9.96. The van der Waals surface area contributed by atoms with Gasteiger partial charge < -0.3 is 20.3 Å². The van der Waals surface area contributed by atoms with Crippen molar-refractivity contribution >= 4 is 69.3 Å². The summed E-state index contributed by atoms with van der Waals surface area (Å²) in [5.74, 6) is -0.273. The summed E-state index contributed by atoms with van der Waals surface area (Å²) in [6.07, 6.45) is 1.40. The zero-order chi connectivity index (χ0) is 23.3. The number of piperidine rings is 1. The number of nitrogens with zero attached hydrogens (tertiary/aromatic N) is 1. The summed E-state index contributed by atoms with van der Waals surface area (Å²) >= 11 is 17.8. The van der Waals surface area contributed by atoms with Crippen molar-refractivity contribution in [2.24, 2.45) is 5.92 Å². The number of ketones is 1. The van der Waals surface area contributed by atoms with E-state index in [0.717, 1.165) is 5.69 Å². The molecule has 3 rings (SSSR count). The van der Waals surface area contributed by atoms with Crippen LogP contribution < -0.4 is 15.5 Å². The smallest absolute Gasteiger partial charge is 0.309 e. The molecular formula is C23H25Cl2N3O3S. The number of thiocarbonyl (C=S) groups is 1. The van der Waals surface area contributed by atoms with E-state index in [0.29, 0.717) is 64.6 Å². The van der Waals surface area contributed by atoms with Gasteiger partial charge in [-0.15, -0.1) is 0 Å². The molecule has 0 bridgehead atoms. The Morgan fingerprint density at radius 3 is 2.44 bits per heavy atom. The molecule has 170 valence electrons. The minimum Gasteiger partial charge on any atom is -0.466 e. The van der Waals surface area contributed by atoms with E-state index in [2.05, 4.69) is 15.5 Å². The summed E-state index contributed by atoms with van der Waals surface area (Å²) in [6.45, 7) is 5.11. The van der Waals surface area contributed by atoms with Gasteiger partial charge in [-0.25, -0.2) is 0 Å². The fraction of sp³-hybridized carbons (Fsp3) is 0.348. The third-order valence-electron chi connectivity index (χ3n) is 5.28. The second-order valence-corrected chi connectivity index (χ2v) is 8.76. The molecule has 0 unspecified atom stereocenters. The highest BCUT2D eigenvalue weighted by atomic mass is 35.5. The number of hydrogen-bond acceptors (Lipinski definition) is 5. The Hall–Kier alpha value is -2.35. The third-order valence-corrected chi connectivity index (χ3v) is 6.05. The highest BCUT2D eigenvalue weighted by Gasteiger charge is 2.27. The zero-order valence-electron chi connectivity index (χ0n) is 17.9. The Labute approximate surface area is 203 Å². The summed E-state index contributed by atoms with van der Waals surface area (Å²) in [4.78, 5) is 26.2. The fourth-order valence-electron chi connectivity index (χ4n) is 3.62. The number of carbonyl (C=O) groups is 2. The van der Waals surface area contributed by atoms with Gasteiger partial charge in [-0.2, -0.15) is 0 Å². The minimum absolute atomic E-state index is 0.0441. The molecule has 1 aliphatic rings. The molecule has 0 spiro atoms. The van der Waals surface area contributed by atoms with Crippen molar-refractivity contribution in [3.05, 3.63) is 52.0 Å². The Bertz CT molecular complexity index is 1020. The summed E-state index contributed by atoms with van der Waals surface area (Å²) in [5, 5.41) is 7.57. The van der Waals surface area contributed by atoms with Gasteiger partial charge in [-0.05, 0) is 75.3 Å².